The molecule has 0 saturated carbocycles. The summed E-state index contributed by atoms with van der Waals surface area (Å²) in [7, 11) is 0. The van der Waals surface area contributed by atoms with Gasteiger partial charge in [0.1, 0.15) is 6.10 Å². The summed E-state index contributed by atoms with van der Waals surface area (Å²) < 4.78 is 5.23. The molecule has 0 unspecified atom stereocenters. The van der Waals surface area contributed by atoms with Crippen LogP contribution in [0.5, 0.6) is 0 Å². The van der Waals surface area contributed by atoms with E-state index in [4.69, 9.17) is 10.1 Å². The molecule has 58 valence electrons. The Morgan fingerprint density at radius 1 is 1.50 bits per heavy atom. The van der Waals surface area contributed by atoms with Crippen molar-refractivity contribution in [1.29, 1.82) is 5.41 Å². The summed E-state index contributed by atoms with van der Waals surface area (Å²) >= 11 is 0. The molecule has 1 fully saturated rings. The number of ether oxygens (including phenoxy) is 1. The van der Waals surface area contributed by atoms with E-state index in [1.165, 1.54) is 0 Å². The van der Waals surface area contributed by atoms with E-state index in [0.717, 1.165) is 25.9 Å². The highest BCUT2D eigenvalue weighted by Crippen LogP contribution is 2.06. The van der Waals surface area contributed by atoms with Gasteiger partial charge in [0.15, 0.2) is 5.90 Å². The van der Waals surface area contributed by atoms with Gasteiger partial charge in [-0.1, -0.05) is 0 Å². The molecule has 3 heteroatoms. The van der Waals surface area contributed by atoms with Crippen LogP contribution in [-0.4, -0.2) is 25.1 Å². The lowest BCUT2D eigenvalue weighted by Gasteiger charge is -2.22. The van der Waals surface area contributed by atoms with Gasteiger partial charge in [0.25, 0.3) is 0 Å². The van der Waals surface area contributed by atoms with Gasteiger partial charge in [-0.25, -0.2) is 0 Å². The quantitative estimate of drug-likeness (QED) is 0.419. The second-order valence-electron chi connectivity index (χ2n) is 2.62. The Morgan fingerprint density at radius 2 is 2.10 bits per heavy atom. The van der Waals surface area contributed by atoms with Gasteiger partial charge in [-0.15, -0.1) is 0 Å². The molecule has 0 aromatic rings. The van der Waals surface area contributed by atoms with Crippen molar-refractivity contribution in [2.24, 2.45) is 0 Å². The van der Waals surface area contributed by atoms with Gasteiger partial charge in [-0.05, 0) is 25.9 Å². The zero-order chi connectivity index (χ0) is 7.40. The van der Waals surface area contributed by atoms with E-state index in [9.17, 15) is 0 Å². The molecule has 1 aliphatic rings. The van der Waals surface area contributed by atoms with Crippen LogP contribution in [0.1, 0.15) is 19.8 Å². The average Bonchev–Trinajstić information content (AvgIpc) is 1.88. The predicted octanol–water partition coefficient (Wildman–Crippen LogP) is 0.752. The molecule has 0 radical (unpaired) electrons. The first-order valence-corrected chi connectivity index (χ1v) is 3.71. The minimum atomic E-state index is 0.291. The third-order valence-electron chi connectivity index (χ3n) is 1.63. The smallest absolute Gasteiger partial charge is 0.177 e. The summed E-state index contributed by atoms with van der Waals surface area (Å²) in [6.45, 7) is 3.73. The summed E-state index contributed by atoms with van der Waals surface area (Å²) in [6, 6.07) is 0. The summed E-state index contributed by atoms with van der Waals surface area (Å²) in [4.78, 5) is 0. The Kier molecular flexibility index (Phi) is 2.68. The number of hydrogen-bond acceptors (Lipinski definition) is 3. The Morgan fingerprint density at radius 3 is 2.60 bits per heavy atom. The molecule has 10 heavy (non-hydrogen) atoms. The fraction of sp³-hybridized carbons (Fsp3) is 0.857. The normalized spacial score (nSPS) is 20.5. The van der Waals surface area contributed by atoms with Crippen molar-refractivity contribution in [3.63, 3.8) is 0 Å². The van der Waals surface area contributed by atoms with E-state index >= 15 is 0 Å². The van der Waals surface area contributed by atoms with Crippen LogP contribution in [0, 0.1) is 5.41 Å². The van der Waals surface area contributed by atoms with Crippen molar-refractivity contribution in [2.45, 2.75) is 25.9 Å². The van der Waals surface area contributed by atoms with Gasteiger partial charge < -0.3 is 10.1 Å². The zero-order valence-electron chi connectivity index (χ0n) is 6.31. The molecule has 2 N–H and O–H groups in total. The first-order valence-electron chi connectivity index (χ1n) is 3.71. The molecule has 0 spiro atoms. The third kappa shape index (κ3) is 2.35. The van der Waals surface area contributed by atoms with Crippen LogP contribution in [0.15, 0.2) is 0 Å². The molecule has 1 heterocycles. The number of nitrogens with one attached hydrogen (secondary N) is 2. The Hall–Kier alpha value is -0.570. The van der Waals surface area contributed by atoms with E-state index in [0.29, 0.717) is 12.0 Å². The molecule has 0 aromatic carbocycles. The van der Waals surface area contributed by atoms with Gasteiger partial charge in [0, 0.05) is 6.92 Å². The predicted molar refractivity (Wildman–Crippen MR) is 40.4 cm³/mol. The number of piperidine rings is 1. The Labute approximate surface area is 61.3 Å². The molecule has 0 aromatic heterocycles. The maximum atomic E-state index is 7.09. The van der Waals surface area contributed by atoms with Crippen molar-refractivity contribution in [2.75, 3.05) is 13.1 Å². The van der Waals surface area contributed by atoms with Gasteiger partial charge in [-0.3, -0.25) is 5.41 Å². The summed E-state index contributed by atoms with van der Waals surface area (Å²) in [5, 5.41) is 10.3. The molecular formula is C7H14N2O. The van der Waals surface area contributed by atoms with E-state index in [2.05, 4.69) is 5.32 Å². The highest BCUT2D eigenvalue weighted by atomic mass is 16.5. The first kappa shape index (κ1) is 7.54. The van der Waals surface area contributed by atoms with Crippen LogP contribution in [0.25, 0.3) is 0 Å². The maximum Gasteiger partial charge on any atom is 0.177 e. The fourth-order valence-corrected chi connectivity index (χ4v) is 1.16. The molecule has 0 atom stereocenters. The van der Waals surface area contributed by atoms with Crippen LogP contribution in [0.4, 0.5) is 0 Å². The second-order valence-corrected chi connectivity index (χ2v) is 2.62. The summed E-state index contributed by atoms with van der Waals surface area (Å²) in [5.41, 5.74) is 0. The molecule has 1 saturated heterocycles. The molecule has 0 amide bonds. The van der Waals surface area contributed by atoms with Crippen molar-refractivity contribution in [3.8, 4) is 0 Å². The number of hydrogen-bond donors (Lipinski definition) is 2. The van der Waals surface area contributed by atoms with Crippen LogP contribution < -0.4 is 5.32 Å². The van der Waals surface area contributed by atoms with Crippen LogP contribution in [0.3, 0.4) is 0 Å². The average molecular weight is 142 g/mol. The number of rotatable bonds is 1. The SMILES string of the molecule is CC(=N)OC1CCNCC1. The largest absolute Gasteiger partial charge is 0.478 e. The lowest BCUT2D eigenvalue weighted by molar-refractivity contribution is 0.147. The van der Waals surface area contributed by atoms with Gasteiger partial charge >= 0.3 is 0 Å². The Balaban J connectivity index is 2.19. The van der Waals surface area contributed by atoms with E-state index in [1.807, 2.05) is 0 Å². The summed E-state index contributed by atoms with van der Waals surface area (Å²) in [6.07, 6.45) is 2.37. The van der Waals surface area contributed by atoms with Gasteiger partial charge in [0.2, 0.25) is 0 Å². The first-order chi connectivity index (χ1) is 4.79. The van der Waals surface area contributed by atoms with E-state index in [1.54, 1.807) is 6.92 Å². The lowest BCUT2D eigenvalue weighted by Crippen LogP contribution is -2.33. The lowest BCUT2D eigenvalue weighted by atomic mass is 10.1. The molecular weight excluding hydrogens is 128 g/mol. The van der Waals surface area contributed by atoms with E-state index < -0.39 is 0 Å². The second kappa shape index (κ2) is 3.56. The van der Waals surface area contributed by atoms with Crippen LogP contribution >= 0.6 is 0 Å². The Bertz CT molecular complexity index is 119. The van der Waals surface area contributed by atoms with Crippen LogP contribution in [-0.2, 0) is 4.74 Å². The van der Waals surface area contributed by atoms with Crippen LogP contribution in [0.2, 0.25) is 0 Å². The van der Waals surface area contributed by atoms with Crippen molar-refractivity contribution in [3.05, 3.63) is 0 Å². The molecule has 0 bridgehead atoms. The van der Waals surface area contributed by atoms with Crippen molar-refractivity contribution >= 4 is 5.90 Å². The summed E-state index contributed by atoms with van der Waals surface area (Å²) in [5.74, 6) is 0.340. The zero-order valence-corrected chi connectivity index (χ0v) is 6.31. The highest BCUT2D eigenvalue weighted by Gasteiger charge is 2.13. The van der Waals surface area contributed by atoms with Gasteiger partial charge in [0.05, 0.1) is 0 Å². The van der Waals surface area contributed by atoms with E-state index in [-0.39, 0.29) is 0 Å². The third-order valence-corrected chi connectivity index (χ3v) is 1.63. The standard InChI is InChI=1S/C7H14N2O/c1-6(8)10-7-2-4-9-5-3-7/h7-9H,2-5H2,1H3. The van der Waals surface area contributed by atoms with Gasteiger partial charge in [-0.2, -0.15) is 0 Å². The topological polar surface area (TPSA) is 45.1 Å². The minimum absolute atomic E-state index is 0.291. The minimum Gasteiger partial charge on any atom is -0.478 e. The molecule has 1 aliphatic heterocycles. The monoisotopic (exact) mass is 142 g/mol. The molecule has 3 nitrogen and oxygen atoms in total. The van der Waals surface area contributed by atoms with Crippen molar-refractivity contribution in [1.82, 2.24) is 5.32 Å². The fourth-order valence-electron chi connectivity index (χ4n) is 1.16. The molecule has 0 aliphatic carbocycles. The maximum absolute atomic E-state index is 7.09. The molecule has 1 rings (SSSR count). The highest BCUT2D eigenvalue weighted by molar-refractivity contribution is 5.69. The van der Waals surface area contributed by atoms with Crippen molar-refractivity contribution < 1.29 is 4.74 Å².